The Balaban J connectivity index is 1.76. The molecule has 1 heterocycles. The maximum Gasteiger partial charge on any atom is 0.360 e. The highest BCUT2D eigenvalue weighted by molar-refractivity contribution is 7.14. The van der Waals surface area contributed by atoms with Crippen LogP contribution in [-0.4, -0.2) is 53.3 Å². The van der Waals surface area contributed by atoms with Gasteiger partial charge >= 0.3 is 5.97 Å². The Morgan fingerprint density at radius 3 is 1.84 bits per heavy atom. The van der Waals surface area contributed by atoms with E-state index in [2.05, 4.69) is 15.5 Å². The highest BCUT2D eigenvalue weighted by atomic mass is 32.1. The van der Waals surface area contributed by atoms with Gasteiger partial charge < -0.3 is 20.2 Å². The number of rotatable bonds is 10. The number of anilines is 1. The first kappa shape index (κ1) is 25.6. The number of aromatic nitrogens is 1. The summed E-state index contributed by atoms with van der Waals surface area (Å²) in [5, 5.41) is 19.1. The monoisotopic (exact) mass is 514 g/mol. The largest absolute Gasteiger partial charge is 0.476 e. The first-order chi connectivity index (χ1) is 17.9. The van der Waals surface area contributed by atoms with Crippen molar-refractivity contribution in [3.63, 3.8) is 0 Å². The van der Waals surface area contributed by atoms with Gasteiger partial charge in [-0.15, -0.1) is 11.3 Å². The molecule has 0 fully saturated rings. The van der Waals surface area contributed by atoms with Gasteiger partial charge in [-0.3, -0.25) is 4.79 Å². The van der Waals surface area contributed by atoms with Crippen LogP contribution < -0.4 is 5.32 Å². The summed E-state index contributed by atoms with van der Waals surface area (Å²) in [7, 11) is 3.15. The van der Waals surface area contributed by atoms with E-state index in [1.165, 1.54) is 16.2 Å². The van der Waals surface area contributed by atoms with Crippen LogP contribution in [0.2, 0.25) is 0 Å². The van der Waals surface area contributed by atoms with Gasteiger partial charge in [0.15, 0.2) is 11.7 Å². The zero-order valence-corrected chi connectivity index (χ0v) is 21.2. The van der Waals surface area contributed by atoms with Crippen LogP contribution in [0.15, 0.2) is 102 Å². The SMILES string of the molecule is CN(C)C(=O)CON=C(C(=O)O)c1csc(NC(c2ccccc2)(c2ccccc2)c2ccccc2)n1. The molecular formula is C28H26N4O4S. The molecule has 0 radical (unpaired) electrons. The maximum atomic E-state index is 11.9. The molecule has 0 aliphatic heterocycles. The number of thiazole rings is 1. The number of carboxylic acids is 1. The second-order valence-corrected chi connectivity index (χ2v) is 9.18. The first-order valence-electron chi connectivity index (χ1n) is 11.5. The zero-order chi connectivity index (χ0) is 26.3. The average molecular weight is 515 g/mol. The van der Waals surface area contributed by atoms with Gasteiger partial charge in [-0.05, 0) is 16.7 Å². The van der Waals surface area contributed by atoms with Crippen molar-refractivity contribution in [3.05, 3.63) is 119 Å². The predicted octanol–water partition coefficient (Wildman–Crippen LogP) is 4.44. The minimum absolute atomic E-state index is 0.125. The van der Waals surface area contributed by atoms with E-state index in [0.717, 1.165) is 16.7 Å². The fourth-order valence-electron chi connectivity index (χ4n) is 3.86. The Kier molecular flexibility index (Phi) is 7.95. The molecular weight excluding hydrogens is 488 g/mol. The van der Waals surface area contributed by atoms with E-state index in [1.807, 2.05) is 91.0 Å². The molecule has 9 heteroatoms. The summed E-state index contributed by atoms with van der Waals surface area (Å²) in [5.74, 6) is -1.65. The van der Waals surface area contributed by atoms with Crippen LogP contribution in [0.25, 0.3) is 0 Å². The van der Waals surface area contributed by atoms with Crippen molar-refractivity contribution in [2.45, 2.75) is 5.54 Å². The van der Waals surface area contributed by atoms with Crippen LogP contribution in [-0.2, 0) is 20.0 Å². The van der Waals surface area contributed by atoms with E-state index >= 15 is 0 Å². The third-order valence-corrected chi connectivity index (χ3v) is 6.46. The number of nitrogens with zero attached hydrogens (tertiary/aromatic N) is 3. The van der Waals surface area contributed by atoms with Crippen LogP contribution >= 0.6 is 11.3 Å². The van der Waals surface area contributed by atoms with Gasteiger partial charge in [0.05, 0.1) is 0 Å². The predicted molar refractivity (Wildman–Crippen MR) is 144 cm³/mol. The molecule has 0 spiro atoms. The number of hydrogen-bond donors (Lipinski definition) is 2. The number of benzene rings is 3. The molecule has 0 bridgehead atoms. The lowest BCUT2D eigenvalue weighted by molar-refractivity contribution is -0.134. The van der Waals surface area contributed by atoms with Crippen molar-refractivity contribution in [2.75, 3.05) is 26.0 Å². The van der Waals surface area contributed by atoms with E-state index in [4.69, 9.17) is 4.84 Å². The quantitative estimate of drug-likeness (QED) is 0.184. The van der Waals surface area contributed by atoms with Gasteiger partial charge in [0.1, 0.15) is 11.2 Å². The molecule has 0 saturated heterocycles. The van der Waals surface area contributed by atoms with Crippen LogP contribution in [0.5, 0.6) is 0 Å². The smallest absolute Gasteiger partial charge is 0.360 e. The molecule has 0 atom stereocenters. The lowest BCUT2D eigenvalue weighted by atomic mass is 9.77. The number of likely N-dealkylation sites (N-methyl/N-ethyl adjacent to an activating group) is 1. The number of hydrogen-bond acceptors (Lipinski definition) is 7. The van der Waals surface area contributed by atoms with Gasteiger partial charge in [0, 0.05) is 19.5 Å². The minimum Gasteiger partial charge on any atom is -0.476 e. The summed E-state index contributed by atoms with van der Waals surface area (Å²) in [6.07, 6.45) is 0. The molecule has 4 rings (SSSR count). The lowest BCUT2D eigenvalue weighted by Crippen LogP contribution is -2.38. The summed E-state index contributed by atoms with van der Waals surface area (Å²) < 4.78 is 0. The van der Waals surface area contributed by atoms with Gasteiger partial charge in [-0.25, -0.2) is 9.78 Å². The summed E-state index contributed by atoms with van der Waals surface area (Å²) in [6.45, 7) is -0.377. The van der Waals surface area contributed by atoms with Crippen LogP contribution in [0.4, 0.5) is 5.13 Å². The molecule has 1 aromatic heterocycles. The normalized spacial score (nSPS) is 11.6. The van der Waals surface area contributed by atoms with Gasteiger partial charge in [0.2, 0.25) is 5.71 Å². The summed E-state index contributed by atoms with van der Waals surface area (Å²) in [6, 6.07) is 30.0. The fourth-order valence-corrected chi connectivity index (χ4v) is 4.61. The van der Waals surface area contributed by atoms with Crippen LogP contribution in [0.3, 0.4) is 0 Å². The summed E-state index contributed by atoms with van der Waals surface area (Å²) >= 11 is 1.25. The molecule has 1 amide bonds. The van der Waals surface area contributed by atoms with Crippen molar-refractivity contribution in [2.24, 2.45) is 5.16 Å². The molecule has 0 unspecified atom stereocenters. The molecule has 0 saturated carbocycles. The summed E-state index contributed by atoms with van der Waals surface area (Å²) in [5.41, 5.74) is 1.89. The standard InChI is InChI=1S/C28H26N4O4S/c1-32(2)24(33)18-36-31-25(26(34)35)23-19-37-27(29-23)30-28(20-12-6-3-7-13-20,21-14-8-4-9-15-21)22-16-10-5-11-17-22/h3-17,19H,18H2,1-2H3,(H,29,30)(H,34,35). The van der Waals surface area contributed by atoms with Crippen molar-refractivity contribution in [1.82, 2.24) is 9.88 Å². The molecule has 188 valence electrons. The number of carboxylic acid groups (broad SMARTS) is 1. The van der Waals surface area contributed by atoms with Crippen LogP contribution in [0.1, 0.15) is 22.4 Å². The molecule has 4 aromatic rings. The van der Waals surface area contributed by atoms with Crippen LogP contribution in [0, 0.1) is 0 Å². The Labute approximate surface area is 218 Å². The molecule has 3 aromatic carbocycles. The number of carbonyl (C=O) groups excluding carboxylic acids is 1. The fraction of sp³-hybridized carbons (Fsp3) is 0.143. The van der Waals surface area contributed by atoms with E-state index in [9.17, 15) is 14.7 Å². The second-order valence-electron chi connectivity index (χ2n) is 8.32. The molecule has 37 heavy (non-hydrogen) atoms. The molecule has 0 aliphatic carbocycles. The van der Waals surface area contributed by atoms with Gasteiger partial charge in [-0.1, -0.05) is 96.2 Å². The minimum atomic E-state index is -1.31. The summed E-state index contributed by atoms with van der Waals surface area (Å²) in [4.78, 5) is 34.6. The Hall–Kier alpha value is -4.50. The first-order valence-corrected chi connectivity index (χ1v) is 12.3. The van der Waals surface area contributed by atoms with Gasteiger partial charge in [0.25, 0.3) is 5.91 Å². The van der Waals surface area contributed by atoms with E-state index in [0.29, 0.717) is 5.13 Å². The molecule has 8 nitrogen and oxygen atoms in total. The second kappa shape index (κ2) is 11.5. The van der Waals surface area contributed by atoms with E-state index < -0.39 is 11.5 Å². The highest BCUT2D eigenvalue weighted by Crippen LogP contribution is 2.40. The Bertz CT molecular complexity index is 1280. The third-order valence-electron chi connectivity index (χ3n) is 5.71. The van der Waals surface area contributed by atoms with Crippen molar-refractivity contribution in [1.29, 1.82) is 0 Å². The average Bonchev–Trinajstić information content (AvgIpc) is 3.38. The zero-order valence-electron chi connectivity index (χ0n) is 20.4. The number of oxime groups is 1. The number of nitrogens with one attached hydrogen (secondary N) is 1. The number of carbonyl (C=O) groups is 2. The molecule has 0 aliphatic rings. The van der Waals surface area contributed by atoms with Crippen molar-refractivity contribution in [3.8, 4) is 0 Å². The maximum absolute atomic E-state index is 11.9. The Morgan fingerprint density at radius 1 is 0.919 bits per heavy atom. The number of amides is 1. The molecule has 2 N–H and O–H groups in total. The topological polar surface area (TPSA) is 104 Å². The number of aliphatic carboxylic acids is 1. The Morgan fingerprint density at radius 2 is 1.41 bits per heavy atom. The lowest BCUT2D eigenvalue weighted by Gasteiger charge is -2.36. The third kappa shape index (κ3) is 5.68. The van der Waals surface area contributed by atoms with Crippen molar-refractivity contribution < 1.29 is 19.5 Å². The van der Waals surface area contributed by atoms with Gasteiger partial charge in [-0.2, -0.15) is 0 Å². The van der Waals surface area contributed by atoms with E-state index in [-0.39, 0.29) is 23.9 Å². The van der Waals surface area contributed by atoms with Crippen molar-refractivity contribution >= 4 is 34.1 Å². The van der Waals surface area contributed by atoms with E-state index in [1.54, 1.807) is 19.5 Å². The highest BCUT2D eigenvalue weighted by Gasteiger charge is 2.37.